The van der Waals surface area contributed by atoms with Gasteiger partial charge in [-0.3, -0.25) is 9.89 Å². The van der Waals surface area contributed by atoms with Crippen LogP contribution < -0.4 is 21.3 Å². The van der Waals surface area contributed by atoms with Crippen molar-refractivity contribution in [3.8, 4) is 0 Å². The molecule has 1 amide bonds. The summed E-state index contributed by atoms with van der Waals surface area (Å²) in [5, 5.41) is 20.5. The minimum atomic E-state index is -0.116. The van der Waals surface area contributed by atoms with Crippen molar-refractivity contribution in [3.63, 3.8) is 0 Å². The third-order valence-electron chi connectivity index (χ3n) is 5.83. The van der Waals surface area contributed by atoms with E-state index < -0.39 is 0 Å². The Morgan fingerprint density at radius 1 is 0.707 bits per heavy atom. The van der Waals surface area contributed by atoms with Crippen LogP contribution in [0.25, 0.3) is 10.9 Å². The molecule has 0 spiro atoms. The number of amides is 1. The van der Waals surface area contributed by atoms with Gasteiger partial charge in [0.15, 0.2) is 0 Å². The van der Waals surface area contributed by atoms with Gasteiger partial charge < -0.3 is 30.7 Å². The van der Waals surface area contributed by atoms with Crippen LogP contribution in [0.5, 0.6) is 0 Å². The fourth-order valence-corrected chi connectivity index (χ4v) is 3.85. The van der Waals surface area contributed by atoms with E-state index in [1.165, 1.54) is 0 Å². The number of benzene rings is 3. The fraction of sp³-hybridized carbons (Fsp3) is 0.207. The van der Waals surface area contributed by atoms with Crippen molar-refractivity contribution in [2.45, 2.75) is 0 Å². The molecular formula is C29H31N9O3. The maximum atomic E-state index is 12.0. The number of carbonyl (C=O) groups is 1. The number of H-pyrrole nitrogens is 1. The van der Waals surface area contributed by atoms with Crippen LogP contribution in [0.3, 0.4) is 0 Å². The van der Waals surface area contributed by atoms with E-state index in [9.17, 15) is 4.79 Å². The molecule has 0 unspecified atom stereocenters. The van der Waals surface area contributed by atoms with E-state index in [4.69, 9.17) is 9.47 Å². The van der Waals surface area contributed by atoms with E-state index in [1.54, 1.807) is 18.3 Å². The number of aromatic amines is 1. The summed E-state index contributed by atoms with van der Waals surface area (Å²) in [7, 11) is 0. The molecule has 0 aliphatic carbocycles. The maximum absolute atomic E-state index is 12.0. The van der Waals surface area contributed by atoms with Crippen molar-refractivity contribution in [2.75, 3.05) is 55.5 Å². The number of ether oxygens (including phenoxy) is 2. The standard InChI is InChI=1S/C29H31N9O3/c39-26(21-7-3-1-4-8-21)30-13-15-40-17-18-41-16-14-31-27-35-28(33-23-9-5-2-6-10-23)37-29(36-27)34-24-11-12-25-22(19-24)20-32-38-25/h1-12,19-20H,13-18H2,(H,30,39)(H,32,38)(H3,31,33,34,35,36,37). The number of hydrogen-bond donors (Lipinski definition) is 5. The second kappa shape index (κ2) is 14.4. The van der Waals surface area contributed by atoms with E-state index in [2.05, 4.69) is 46.4 Å². The molecule has 2 heterocycles. The van der Waals surface area contributed by atoms with Crippen molar-refractivity contribution in [3.05, 3.63) is 90.6 Å². The first-order valence-corrected chi connectivity index (χ1v) is 13.2. The Balaban J connectivity index is 1.07. The minimum absolute atomic E-state index is 0.116. The van der Waals surface area contributed by atoms with E-state index in [1.807, 2.05) is 66.7 Å². The summed E-state index contributed by atoms with van der Waals surface area (Å²) >= 11 is 0. The number of hydrogen-bond acceptors (Lipinski definition) is 10. The minimum Gasteiger partial charge on any atom is -0.377 e. The van der Waals surface area contributed by atoms with Gasteiger partial charge in [-0.05, 0) is 42.5 Å². The highest BCUT2D eigenvalue weighted by Gasteiger charge is 2.09. The molecule has 0 fully saturated rings. The van der Waals surface area contributed by atoms with Crippen LogP contribution in [0.2, 0.25) is 0 Å². The number of anilines is 5. The molecule has 41 heavy (non-hydrogen) atoms. The van der Waals surface area contributed by atoms with Gasteiger partial charge in [-0.1, -0.05) is 36.4 Å². The maximum Gasteiger partial charge on any atom is 0.251 e. The van der Waals surface area contributed by atoms with Crippen LogP contribution in [0.15, 0.2) is 85.1 Å². The first kappa shape index (κ1) is 27.5. The SMILES string of the molecule is O=C(NCCOCCOCCNc1nc(Nc2ccccc2)nc(Nc2ccc3[nH]ncc3c2)n1)c1ccccc1. The van der Waals surface area contributed by atoms with Gasteiger partial charge in [0.25, 0.3) is 5.91 Å². The lowest BCUT2D eigenvalue weighted by Gasteiger charge is -2.12. The Morgan fingerprint density at radius 3 is 2.12 bits per heavy atom. The summed E-state index contributed by atoms with van der Waals surface area (Å²) in [5.74, 6) is 1.07. The number of aromatic nitrogens is 5. The van der Waals surface area contributed by atoms with Gasteiger partial charge in [-0.2, -0.15) is 20.1 Å². The second-order valence-corrected chi connectivity index (χ2v) is 8.87. The number of fused-ring (bicyclic) bond motifs is 1. The molecule has 2 aromatic heterocycles. The first-order valence-electron chi connectivity index (χ1n) is 13.2. The van der Waals surface area contributed by atoms with E-state index in [-0.39, 0.29) is 5.91 Å². The van der Waals surface area contributed by atoms with Crippen LogP contribution >= 0.6 is 0 Å². The van der Waals surface area contributed by atoms with Crippen molar-refractivity contribution in [1.29, 1.82) is 0 Å². The lowest BCUT2D eigenvalue weighted by Crippen LogP contribution is -2.27. The zero-order valence-corrected chi connectivity index (χ0v) is 22.3. The molecule has 0 saturated carbocycles. The quantitative estimate of drug-likeness (QED) is 0.120. The van der Waals surface area contributed by atoms with Crippen LogP contribution in [0.1, 0.15) is 10.4 Å². The molecule has 12 heteroatoms. The van der Waals surface area contributed by atoms with E-state index >= 15 is 0 Å². The zero-order chi connectivity index (χ0) is 28.1. The highest BCUT2D eigenvalue weighted by atomic mass is 16.5. The summed E-state index contributed by atoms with van der Waals surface area (Å²) in [6, 6.07) is 24.6. The van der Waals surface area contributed by atoms with E-state index in [0.29, 0.717) is 62.9 Å². The molecule has 0 saturated heterocycles. The molecule has 0 bridgehead atoms. The summed E-state index contributed by atoms with van der Waals surface area (Å²) in [6.45, 7) is 2.61. The van der Waals surface area contributed by atoms with E-state index in [0.717, 1.165) is 22.3 Å². The highest BCUT2D eigenvalue weighted by Crippen LogP contribution is 2.21. The Hall–Kier alpha value is -5.07. The molecular weight excluding hydrogens is 522 g/mol. The van der Waals surface area contributed by atoms with Crippen molar-refractivity contribution >= 4 is 46.0 Å². The normalized spacial score (nSPS) is 10.8. The molecule has 0 aliphatic heterocycles. The molecule has 5 rings (SSSR count). The molecule has 5 aromatic rings. The van der Waals surface area contributed by atoms with Crippen LogP contribution in [0.4, 0.5) is 29.2 Å². The Kier molecular flexibility index (Phi) is 9.63. The Morgan fingerprint density at radius 2 is 1.37 bits per heavy atom. The number of para-hydroxylation sites is 1. The van der Waals surface area contributed by atoms with Crippen molar-refractivity contribution < 1.29 is 14.3 Å². The summed E-state index contributed by atoms with van der Waals surface area (Å²) in [6.07, 6.45) is 1.76. The third kappa shape index (κ3) is 8.46. The molecule has 0 atom stereocenters. The Labute approximate surface area is 236 Å². The molecule has 210 valence electrons. The molecule has 5 N–H and O–H groups in total. The predicted octanol–water partition coefficient (Wildman–Crippen LogP) is 4.11. The number of carbonyl (C=O) groups excluding carboxylic acids is 1. The van der Waals surface area contributed by atoms with Gasteiger partial charge in [0.1, 0.15) is 0 Å². The smallest absolute Gasteiger partial charge is 0.251 e. The lowest BCUT2D eigenvalue weighted by atomic mass is 10.2. The average Bonchev–Trinajstić information content (AvgIpc) is 3.47. The number of nitrogens with zero attached hydrogens (tertiary/aromatic N) is 4. The predicted molar refractivity (Wildman–Crippen MR) is 158 cm³/mol. The Bertz CT molecular complexity index is 1530. The van der Waals surface area contributed by atoms with Gasteiger partial charge in [-0.25, -0.2) is 0 Å². The first-order chi connectivity index (χ1) is 20.2. The fourth-order valence-electron chi connectivity index (χ4n) is 3.85. The van der Waals surface area contributed by atoms with Gasteiger partial charge in [-0.15, -0.1) is 0 Å². The van der Waals surface area contributed by atoms with Crippen LogP contribution in [-0.2, 0) is 9.47 Å². The average molecular weight is 554 g/mol. The monoisotopic (exact) mass is 553 g/mol. The van der Waals surface area contributed by atoms with Crippen molar-refractivity contribution in [1.82, 2.24) is 30.5 Å². The second-order valence-electron chi connectivity index (χ2n) is 8.87. The lowest BCUT2D eigenvalue weighted by molar-refractivity contribution is 0.0519. The van der Waals surface area contributed by atoms with Gasteiger partial charge in [0.05, 0.1) is 38.1 Å². The molecule has 3 aromatic carbocycles. The summed E-state index contributed by atoms with van der Waals surface area (Å²) in [4.78, 5) is 25.6. The largest absolute Gasteiger partial charge is 0.377 e. The molecule has 0 radical (unpaired) electrons. The third-order valence-corrected chi connectivity index (χ3v) is 5.83. The summed E-state index contributed by atoms with van der Waals surface area (Å²) < 4.78 is 11.2. The van der Waals surface area contributed by atoms with Gasteiger partial charge in [0.2, 0.25) is 17.8 Å². The molecule has 12 nitrogen and oxygen atoms in total. The van der Waals surface area contributed by atoms with Crippen LogP contribution in [0, 0.1) is 0 Å². The highest BCUT2D eigenvalue weighted by molar-refractivity contribution is 5.94. The molecule has 0 aliphatic rings. The van der Waals surface area contributed by atoms with Gasteiger partial charge in [0, 0.05) is 35.4 Å². The van der Waals surface area contributed by atoms with Crippen molar-refractivity contribution in [2.24, 2.45) is 0 Å². The van der Waals surface area contributed by atoms with Crippen LogP contribution in [-0.4, -0.2) is 70.6 Å². The zero-order valence-electron chi connectivity index (χ0n) is 22.3. The number of nitrogens with one attached hydrogen (secondary N) is 5. The summed E-state index contributed by atoms with van der Waals surface area (Å²) in [5.41, 5.74) is 3.26. The van der Waals surface area contributed by atoms with Gasteiger partial charge >= 0.3 is 0 Å². The number of rotatable bonds is 15. The topological polar surface area (TPSA) is 151 Å².